The zero-order valence-electron chi connectivity index (χ0n) is 12.8. The van der Waals surface area contributed by atoms with Gasteiger partial charge in [-0.25, -0.2) is 0 Å². The Hall–Kier alpha value is -1.27. The van der Waals surface area contributed by atoms with Gasteiger partial charge in [-0.2, -0.15) is 0 Å². The molecule has 1 aromatic carbocycles. The second-order valence-electron chi connectivity index (χ2n) is 4.97. The molecule has 0 bridgehead atoms. The molecule has 0 amide bonds. The first kappa shape index (κ1) is 17.8. The fourth-order valence-corrected chi connectivity index (χ4v) is 2.53. The standard InChI is InChI=1S/C15H22BrNO4/c1-5-21-14-10(6-11(16)7-12(14)20-4)8-17-13(9(2)3)15(18)19/h6-7,9,13,17H,5,8H2,1-4H3,(H,18,19). The molecule has 6 heteroatoms. The highest BCUT2D eigenvalue weighted by atomic mass is 79.9. The monoisotopic (exact) mass is 359 g/mol. The van der Waals surface area contributed by atoms with E-state index in [1.54, 1.807) is 7.11 Å². The summed E-state index contributed by atoms with van der Waals surface area (Å²) in [7, 11) is 1.58. The Morgan fingerprint density at radius 3 is 2.57 bits per heavy atom. The summed E-state index contributed by atoms with van der Waals surface area (Å²) in [5.41, 5.74) is 0.856. The molecule has 0 saturated heterocycles. The second-order valence-corrected chi connectivity index (χ2v) is 5.89. The zero-order valence-corrected chi connectivity index (χ0v) is 14.4. The number of carbonyl (C=O) groups is 1. The molecule has 0 aliphatic heterocycles. The summed E-state index contributed by atoms with van der Waals surface area (Å²) in [4.78, 5) is 11.2. The van der Waals surface area contributed by atoms with E-state index in [9.17, 15) is 9.90 Å². The molecule has 0 aromatic heterocycles. The van der Waals surface area contributed by atoms with Gasteiger partial charge in [-0.1, -0.05) is 29.8 Å². The molecule has 5 nitrogen and oxygen atoms in total. The van der Waals surface area contributed by atoms with Crippen LogP contribution in [0.2, 0.25) is 0 Å². The molecule has 1 rings (SSSR count). The topological polar surface area (TPSA) is 67.8 Å². The van der Waals surface area contributed by atoms with Gasteiger partial charge < -0.3 is 14.6 Å². The van der Waals surface area contributed by atoms with Gasteiger partial charge >= 0.3 is 5.97 Å². The second kappa shape index (κ2) is 8.24. The Kier molecular flexibility index (Phi) is 6.98. The number of carboxylic acids is 1. The highest BCUT2D eigenvalue weighted by Gasteiger charge is 2.22. The number of rotatable bonds is 8. The van der Waals surface area contributed by atoms with Crippen LogP contribution in [0.5, 0.6) is 11.5 Å². The number of methoxy groups -OCH3 is 1. The van der Waals surface area contributed by atoms with E-state index in [1.165, 1.54) is 0 Å². The van der Waals surface area contributed by atoms with Gasteiger partial charge in [0.15, 0.2) is 11.5 Å². The lowest BCUT2D eigenvalue weighted by Gasteiger charge is -2.20. The van der Waals surface area contributed by atoms with Crippen LogP contribution < -0.4 is 14.8 Å². The molecule has 2 N–H and O–H groups in total. The Labute approximate surface area is 133 Å². The molecule has 1 aromatic rings. The predicted octanol–water partition coefficient (Wildman–Crippen LogP) is 3.06. The molecule has 21 heavy (non-hydrogen) atoms. The quantitative estimate of drug-likeness (QED) is 0.746. The maximum Gasteiger partial charge on any atom is 0.320 e. The van der Waals surface area contributed by atoms with Gasteiger partial charge in [0.1, 0.15) is 6.04 Å². The molecule has 118 valence electrons. The van der Waals surface area contributed by atoms with Crippen molar-refractivity contribution in [1.29, 1.82) is 0 Å². The number of ether oxygens (including phenoxy) is 2. The van der Waals surface area contributed by atoms with E-state index in [0.717, 1.165) is 10.0 Å². The lowest BCUT2D eigenvalue weighted by atomic mass is 10.0. The fraction of sp³-hybridized carbons (Fsp3) is 0.533. The Morgan fingerprint density at radius 2 is 2.10 bits per heavy atom. The number of halogens is 1. The maximum atomic E-state index is 11.2. The number of nitrogens with one attached hydrogen (secondary N) is 1. The molecule has 1 unspecified atom stereocenters. The van der Waals surface area contributed by atoms with E-state index >= 15 is 0 Å². The van der Waals surface area contributed by atoms with Crippen LogP contribution in [0.25, 0.3) is 0 Å². The average molecular weight is 360 g/mol. The van der Waals surface area contributed by atoms with Crippen molar-refractivity contribution in [2.75, 3.05) is 13.7 Å². The molecule has 0 spiro atoms. The minimum atomic E-state index is -0.857. The van der Waals surface area contributed by atoms with Crippen molar-refractivity contribution in [1.82, 2.24) is 5.32 Å². The highest BCUT2D eigenvalue weighted by molar-refractivity contribution is 9.10. The van der Waals surface area contributed by atoms with E-state index in [0.29, 0.717) is 24.7 Å². The molecule has 0 heterocycles. The van der Waals surface area contributed by atoms with Gasteiger partial charge in [0.05, 0.1) is 13.7 Å². The number of aliphatic carboxylic acids is 1. The van der Waals surface area contributed by atoms with E-state index < -0.39 is 12.0 Å². The molecule has 0 radical (unpaired) electrons. The van der Waals surface area contributed by atoms with Gasteiger partial charge in [-0.3, -0.25) is 10.1 Å². The first-order chi connectivity index (χ1) is 9.90. The summed E-state index contributed by atoms with van der Waals surface area (Å²) in [6.07, 6.45) is 0. The third kappa shape index (κ3) is 4.89. The normalized spacial score (nSPS) is 12.3. The first-order valence-corrected chi connectivity index (χ1v) is 7.65. The van der Waals surface area contributed by atoms with Crippen LogP contribution in [-0.4, -0.2) is 30.8 Å². The van der Waals surface area contributed by atoms with Crippen molar-refractivity contribution in [3.8, 4) is 11.5 Å². The third-order valence-corrected chi connectivity index (χ3v) is 3.51. The smallest absolute Gasteiger partial charge is 0.320 e. The van der Waals surface area contributed by atoms with Crippen molar-refractivity contribution < 1.29 is 19.4 Å². The predicted molar refractivity (Wildman–Crippen MR) is 85.0 cm³/mol. The van der Waals surface area contributed by atoms with Crippen LogP contribution in [0.1, 0.15) is 26.3 Å². The van der Waals surface area contributed by atoms with E-state index in [-0.39, 0.29) is 5.92 Å². The average Bonchev–Trinajstić information content (AvgIpc) is 2.40. The van der Waals surface area contributed by atoms with Crippen molar-refractivity contribution in [2.24, 2.45) is 5.92 Å². The van der Waals surface area contributed by atoms with Crippen molar-refractivity contribution in [3.63, 3.8) is 0 Å². The summed E-state index contributed by atoms with van der Waals surface area (Å²) >= 11 is 3.42. The lowest BCUT2D eigenvalue weighted by Crippen LogP contribution is -2.40. The van der Waals surface area contributed by atoms with Crippen molar-refractivity contribution in [3.05, 3.63) is 22.2 Å². The Balaban J connectivity index is 3.00. The number of carboxylic acid groups (broad SMARTS) is 1. The summed E-state index contributed by atoms with van der Waals surface area (Å²) in [5.74, 6) is 0.403. The van der Waals surface area contributed by atoms with Gasteiger partial charge in [-0.05, 0) is 25.0 Å². The zero-order chi connectivity index (χ0) is 16.0. The van der Waals surface area contributed by atoms with Crippen LogP contribution in [-0.2, 0) is 11.3 Å². The Bertz CT molecular complexity index is 491. The first-order valence-electron chi connectivity index (χ1n) is 6.86. The largest absolute Gasteiger partial charge is 0.493 e. The van der Waals surface area contributed by atoms with Gasteiger partial charge in [0.25, 0.3) is 0 Å². The molecular weight excluding hydrogens is 338 g/mol. The van der Waals surface area contributed by atoms with Gasteiger partial charge in [0.2, 0.25) is 0 Å². The molecule has 0 aliphatic carbocycles. The molecule has 0 fully saturated rings. The van der Waals surface area contributed by atoms with Gasteiger partial charge in [-0.15, -0.1) is 0 Å². The van der Waals surface area contributed by atoms with Crippen LogP contribution in [0, 0.1) is 5.92 Å². The molecule has 1 atom stereocenters. The van der Waals surface area contributed by atoms with Crippen LogP contribution in [0.15, 0.2) is 16.6 Å². The molecule has 0 saturated carbocycles. The van der Waals surface area contributed by atoms with Crippen LogP contribution >= 0.6 is 15.9 Å². The SMILES string of the molecule is CCOc1c(CNC(C(=O)O)C(C)C)cc(Br)cc1OC. The molecular formula is C15H22BrNO4. The maximum absolute atomic E-state index is 11.2. The number of hydrogen-bond donors (Lipinski definition) is 2. The summed E-state index contributed by atoms with van der Waals surface area (Å²) < 4.78 is 11.8. The third-order valence-electron chi connectivity index (χ3n) is 3.05. The van der Waals surface area contributed by atoms with Gasteiger partial charge in [0, 0.05) is 16.6 Å². The van der Waals surface area contributed by atoms with Crippen molar-refractivity contribution in [2.45, 2.75) is 33.4 Å². The summed E-state index contributed by atoms with van der Waals surface area (Å²) in [5, 5.41) is 12.3. The molecule has 0 aliphatic rings. The van der Waals surface area contributed by atoms with Crippen LogP contribution in [0.4, 0.5) is 0 Å². The van der Waals surface area contributed by atoms with E-state index in [2.05, 4.69) is 21.2 Å². The fourth-order valence-electron chi connectivity index (χ4n) is 2.04. The number of hydrogen-bond acceptors (Lipinski definition) is 4. The minimum Gasteiger partial charge on any atom is -0.493 e. The highest BCUT2D eigenvalue weighted by Crippen LogP contribution is 2.35. The Morgan fingerprint density at radius 1 is 1.43 bits per heavy atom. The summed E-state index contributed by atoms with van der Waals surface area (Å²) in [6.45, 7) is 6.54. The minimum absolute atomic E-state index is 0.00732. The van der Waals surface area contributed by atoms with Crippen LogP contribution in [0.3, 0.4) is 0 Å². The lowest BCUT2D eigenvalue weighted by molar-refractivity contribution is -0.140. The number of benzene rings is 1. The van der Waals surface area contributed by atoms with E-state index in [1.807, 2.05) is 32.9 Å². The summed E-state index contributed by atoms with van der Waals surface area (Å²) in [6, 6.07) is 3.12. The van der Waals surface area contributed by atoms with E-state index in [4.69, 9.17) is 9.47 Å². The van der Waals surface area contributed by atoms with Crippen molar-refractivity contribution >= 4 is 21.9 Å².